The van der Waals surface area contributed by atoms with Crippen molar-refractivity contribution in [1.82, 2.24) is 5.32 Å². The molecule has 0 bridgehead atoms. The summed E-state index contributed by atoms with van der Waals surface area (Å²) in [6, 6.07) is 4.87. The molecule has 2 rings (SSSR count). The van der Waals surface area contributed by atoms with Gasteiger partial charge in [0.1, 0.15) is 11.6 Å². The number of carbonyl (C=O) groups is 1. The molecule has 1 atom stereocenters. The van der Waals surface area contributed by atoms with Gasteiger partial charge in [-0.1, -0.05) is 19.4 Å². The van der Waals surface area contributed by atoms with Gasteiger partial charge in [-0.3, -0.25) is 4.79 Å². The number of amides is 1. The van der Waals surface area contributed by atoms with Crippen molar-refractivity contribution in [2.24, 2.45) is 0 Å². The highest BCUT2D eigenvalue weighted by Gasteiger charge is 2.30. The van der Waals surface area contributed by atoms with Crippen molar-refractivity contribution in [3.8, 4) is 0 Å². The maximum Gasteiger partial charge on any atom is 0.416 e. The minimum atomic E-state index is -4.48. The number of hydrogen-bond donors (Lipinski definition) is 2. The quantitative estimate of drug-likeness (QED) is 0.284. The number of nitrogens with one attached hydrogen (secondary N) is 2. The highest BCUT2D eigenvalue weighted by molar-refractivity contribution is 5.93. The highest BCUT2D eigenvalue weighted by Crippen LogP contribution is 2.32. The monoisotopic (exact) mass is 440 g/mol. The van der Waals surface area contributed by atoms with E-state index in [0.29, 0.717) is 12.1 Å². The van der Waals surface area contributed by atoms with Crippen LogP contribution in [0.3, 0.4) is 0 Å². The Morgan fingerprint density at radius 3 is 2.35 bits per heavy atom. The summed E-state index contributed by atoms with van der Waals surface area (Å²) >= 11 is 0. The average molecular weight is 440 g/mol. The summed E-state index contributed by atoms with van der Waals surface area (Å²) in [7, 11) is 0. The van der Waals surface area contributed by atoms with Crippen molar-refractivity contribution < 1.29 is 26.7 Å². The third-order valence-corrected chi connectivity index (χ3v) is 4.80. The molecule has 0 saturated heterocycles. The minimum absolute atomic E-state index is 0.104. The molecule has 0 saturated carbocycles. The third kappa shape index (κ3) is 6.80. The number of carbonyl (C=O) groups excluding carboxylic acids is 1. The number of hydrogen-bond acceptors (Lipinski definition) is 2. The van der Waals surface area contributed by atoms with Gasteiger partial charge in [-0.05, 0) is 61.7 Å². The van der Waals surface area contributed by atoms with Gasteiger partial charge in [-0.25, -0.2) is 8.78 Å². The molecule has 0 unspecified atom stereocenters. The SMILES string of the molecule is CCCCNc1cc(C(F)(F)F)ccc1/C=C/C(=O)N[C@H](C)c1cc(F)c(C)c(F)c1. The van der Waals surface area contributed by atoms with Gasteiger partial charge in [0.15, 0.2) is 0 Å². The van der Waals surface area contributed by atoms with E-state index in [1.165, 1.54) is 25.1 Å². The molecule has 1 amide bonds. The van der Waals surface area contributed by atoms with Gasteiger partial charge in [0.25, 0.3) is 0 Å². The van der Waals surface area contributed by atoms with Gasteiger partial charge in [-0.2, -0.15) is 13.2 Å². The van der Waals surface area contributed by atoms with Crippen molar-refractivity contribution in [1.29, 1.82) is 0 Å². The highest BCUT2D eigenvalue weighted by atomic mass is 19.4. The summed E-state index contributed by atoms with van der Waals surface area (Å²) in [6.07, 6.45) is -0.259. The summed E-state index contributed by atoms with van der Waals surface area (Å²) in [5.74, 6) is -1.97. The molecule has 0 spiro atoms. The van der Waals surface area contributed by atoms with Crippen LogP contribution in [0.15, 0.2) is 36.4 Å². The summed E-state index contributed by atoms with van der Waals surface area (Å²) in [6.45, 7) is 5.35. The number of halogens is 5. The van der Waals surface area contributed by atoms with E-state index in [9.17, 15) is 26.7 Å². The van der Waals surface area contributed by atoms with Crippen LogP contribution in [0.1, 0.15) is 55.0 Å². The molecule has 31 heavy (non-hydrogen) atoms. The molecule has 3 nitrogen and oxygen atoms in total. The first-order chi connectivity index (χ1) is 14.5. The van der Waals surface area contributed by atoms with Gasteiger partial charge in [0.05, 0.1) is 11.6 Å². The molecule has 0 aromatic heterocycles. The second kappa shape index (κ2) is 10.4. The van der Waals surface area contributed by atoms with E-state index in [0.717, 1.165) is 37.1 Å². The number of anilines is 1. The van der Waals surface area contributed by atoms with Gasteiger partial charge in [0.2, 0.25) is 5.91 Å². The van der Waals surface area contributed by atoms with E-state index in [1.54, 1.807) is 6.92 Å². The zero-order valence-corrected chi connectivity index (χ0v) is 17.5. The van der Waals surface area contributed by atoms with E-state index in [4.69, 9.17) is 0 Å². The fourth-order valence-electron chi connectivity index (χ4n) is 2.86. The molecule has 0 aliphatic rings. The van der Waals surface area contributed by atoms with Crippen molar-refractivity contribution >= 4 is 17.7 Å². The second-order valence-electron chi connectivity index (χ2n) is 7.25. The molecule has 2 N–H and O–H groups in total. The first kappa shape index (κ1) is 24.4. The third-order valence-electron chi connectivity index (χ3n) is 4.80. The van der Waals surface area contributed by atoms with E-state index < -0.39 is 35.3 Å². The maximum absolute atomic E-state index is 13.7. The van der Waals surface area contributed by atoms with Crippen LogP contribution in [0, 0.1) is 18.6 Å². The predicted molar refractivity (Wildman–Crippen MR) is 112 cm³/mol. The summed E-state index contributed by atoms with van der Waals surface area (Å²) in [5, 5.41) is 5.56. The van der Waals surface area contributed by atoms with E-state index in [2.05, 4.69) is 10.6 Å². The first-order valence-electron chi connectivity index (χ1n) is 9.92. The molecule has 0 radical (unpaired) electrons. The summed E-state index contributed by atoms with van der Waals surface area (Å²) in [4.78, 5) is 12.2. The van der Waals surface area contributed by atoms with Crippen molar-refractivity contribution in [2.75, 3.05) is 11.9 Å². The number of alkyl halides is 3. The van der Waals surface area contributed by atoms with Gasteiger partial charge < -0.3 is 10.6 Å². The van der Waals surface area contributed by atoms with E-state index in [-0.39, 0.29) is 16.8 Å². The molecular formula is C23H25F5N2O. The largest absolute Gasteiger partial charge is 0.416 e. The van der Waals surface area contributed by atoms with E-state index in [1.807, 2.05) is 6.92 Å². The Kier molecular flexibility index (Phi) is 8.19. The van der Waals surface area contributed by atoms with Crippen LogP contribution in [0.4, 0.5) is 27.6 Å². The smallest absolute Gasteiger partial charge is 0.385 e. The van der Waals surface area contributed by atoms with Crippen LogP contribution >= 0.6 is 0 Å². The number of rotatable bonds is 8. The summed E-state index contributed by atoms with van der Waals surface area (Å²) in [5.41, 5.74) is 0.0545. The Bertz CT molecular complexity index is 930. The number of unbranched alkanes of at least 4 members (excludes halogenated alkanes) is 1. The molecule has 0 heterocycles. The zero-order valence-electron chi connectivity index (χ0n) is 17.5. The predicted octanol–water partition coefficient (Wildman–Crippen LogP) is 6.39. The molecule has 0 aliphatic heterocycles. The average Bonchev–Trinajstić information content (AvgIpc) is 2.70. The Balaban J connectivity index is 2.16. The van der Waals surface area contributed by atoms with Crippen molar-refractivity contribution in [3.05, 3.63) is 70.3 Å². The lowest BCUT2D eigenvalue weighted by atomic mass is 10.0. The van der Waals surface area contributed by atoms with Crippen LogP contribution in [0.2, 0.25) is 0 Å². The van der Waals surface area contributed by atoms with Crippen LogP contribution in [-0.4, -0.2) is 12.5 Å². The number of benzene rings is 2. The Labute approximate surface area is 178 Å². The Hall–Kier alpha value is -2.90. The van der Waals surface area contributed by atoms with E-state index >= 15 is 0 Å². The molecule has 0 aliphatic carbocycles. The standard InChI is InChI=1S/C23H25F5N2O/c1-4-5-10-29-21-13-18(23(26,27)28)8-6-16(21)7-9-22(31)30-15(3)17-11-19(24)14(2)20(25)12-17/h6-9,11-13,15,29H,4-5,10H2,1-3H3,(H,30,31)/b9-7+/t15-/m1/s1. The topological polar surface area (TPSA) is 41.1 Å². The normalized spacial score (nSPS) is 12.8. The van der Waals surface area contributed by atoms with Gasteiger partial charge in [-0.15, -0.1) is 0 Å². The maximum atomic E-state index is 13.7. The van der Waals surface area contributed by atoms with Gasteiger partial charge in [0, 0.05) is 23.9 Å². The lowest BCUT2D eigenvalue weighted by Gasteiger charge is -2.15. The fraction of sp³-hybridized carbons (Fsp3) is 0.348. The molecule has 2 aromatic rings. The summed E-state index contributed by atoms with van der Waals surface area (Å²) < 4.78 is 66.6. The first-order valence-corrected chi connectivity index (χ1v) is 9.92. The van der Waals surface area contributed by atoms with Crippen LogP contribution in [0.25, 0.3) is 6.08 Å². The molecule has 2 aromatic carbocycles. The van der Waals surface area contributed by atoms with Gasteiger partial charge >= 0.3 is 6.18 Å². The second-order valence-corrected chi connectivity index (χ2v) is 7.25. The van der Waals surface area contributed by atoms with Crippen LogP contribution in [-0.2, 0) is 11.0 Å². The zero-order chi connectivity index (χ0) is 23.2. The Morgan fingerprint density at radius 1 is 1.13 bits per heavy atom. The van der Waals surface area contributed by atoms with Crippen molar-refractivity contribution in [2.45, 2.75) is 45.8 Å². The molecule has 8 heteroatoms. The molecule has 168 valence electrons. The Morgan fingerprint density at radius 2 is 1.77 bits per heavy atom. The van der Waals surface area contributed by atoms with Crippen molar-refractivity contribution in [3.63, 3.8) is 0 Å². The fourth-order valence-corrected chi connectivity index (χ4v) is 2.86. The molecule has 0 fully saturated rings. The molecular weight excluding hydrogens is 415 g/mol. The minimum Gasteiger partial charge on any atom is -0.385 e. The van der Waals surface area contributed by atoms with Crippen LogP contribution < -0.4 is 10.6 Å². The lowest BCUT2D eigenvalue weighted by Crippen LogP contribution is -2.25. The lowest BCUT2D eigenvalue weighted by molar-refractivity contribution is -0.137. The van der Waals surface area contributed by atoms with Crippen LogP contribution in [0.5, 0.6) is 0 Å².